The van der Waals surface area contributed by atoms with Crippen LogP contribution in [-0.4, -0.2) is 24.0 Å². The van der Waals surface area contributed by atoms with Gasteiger partial charge < -0.3 is 15.4 Å². The Bertz CT molecular complexity index is 639. The maximum Gasteiger partial charge on any atom is 0.274 e. The Labute approximate surface area is 137 Å². The van der Waals surface area contributed by atoms with E-state index in [1.807, 2.05) is 37.3 Å². The molecular weight excluding hydrogens is 290 g/mol. The normalized spacial score (nSPS) is 10.4. The standard InChI is InChI=1S/C18H23N3O2/c1-4-23-16-7-5-14(6-8-16)21-18(22)17-11-15(9-10-19-17)20-12-13(2)3/h5-11,13H,4,12H2,1-3H3,(H,19,20)(H,21,22). The summed E-state index contributed by atoms with van der Waals surface area (Å²) in [5.41, 5.74) is 1.99. The number of rotatable bonds is 7. The molecule has 0 aliphatic rings. The average molecular weight is 313 g/mol. The molecule has 23 heavy (non-hydrogen) atoms. The van der Waals surface area contributed by atoms with E-state index in [2.05, 4.69) is 29.5 Å². The van der Waals surface area contributed by atoms with Gasteiger partial charge in [-0.2, -0.15) is 0 Å². The first-order valence-electron chi connectivity index (χ1n) is 7.82. The van der Waals surface area contributed by atoms with E-state index in [0.29, 0.717) is 23.9 Å². The molecule has 0 atom stereocenters. The second kappa shape index (κ2) is 8.17. The Kier molecular flexibility index (Phi) is 5.97. The Balaban J connectivity index is 2.01. The van der Waals surface area contributed by atoms with Gasteiger partial charge in [0, 0.05) is 24.1 Å². The largest absolute Gasteiger partial charge is 0.494 e. The SMILES string of the molecule is CCOc1ccc(NC(=O)c2cc(NCC(C)C)ccn2)cc1. The highest BCUT2D eigenvalue weighted by Gasteiger charge is 2.09. The lowest BCUT2D eigenvalue weighted by molar-refractivity contribution is 0.102. The predicted octanol–water partition coefficient (Wildman–Crippen LogP) is 3.80. The molecule has 0 fully saturated rings. The second-order valence-electron chi connectivity index (χ2n) is 5.62. The summed E-state index contributed by atoms with van der Waals surface area (Å²) in [4.78, 5) is 16.4. The molecule has 2 rings (SSSR count). The summed E-state index contributed by atoms with van der Waals surface area (Å²) >= 11 is 0. The van der Waals surface area contributed by atoms with Crippen LogP contribution in [0.4, 0.5) is 11.4 Å². The molecule has 122 valence electrons. The summed E-state index contributed by atoms with van der Waals surface area (Å²) in [6.45, 7) is 7.67. The lowest BCUT2D eigenvalue weighted by Gasteiger charge is -2.10. The summed E-state index contributed by atoms with van der Waals surface area (Å²) < 4.78 is 5.38. The molecule has 0 bridgehead atoms. The smallest absolute Gasteiger partial charge is 0.274 e. The van der Waals surface area contributed by atoms with Gasteiger partial charge in [0.05, 0.1) is 6.61 Å². The van der Waals surface area contributed by atoms with Gasteiger partial charge in [0.25, 0.3) is 5.91 Å². The molecule has 0 unspecified atom stereocenters. The molecule has 0 aliphatic carbocycles. The van der Waals surface area contributed by atoms with Crippen molar-refractivity contribution in [2.24, 2.45) is 5.92 Å². The molecule has 0 aliphatic heterocycles. The van der Waals surface area contributed by atoms with Crippen molar-refractivity contribution in [2.75, 3.05) is 23.8 Å². The monoisotopic (exact) mass is 313 g/mol. The number of carbonyl (C=O) groups excluding carboxylic acids is 1. The molecule has 0 saturated carbocycles. The van der Waals surface area contributed by atoms with Gasteiger partial charge in [-0.25, -0.2) is 0 Å². The molecular formula is C18H23N3O2. The number of anilines is 2. The number of nitrogens with one attached hydrogen (secondary N) is 2. The predicted molar refractivity (Wildman–Crippen MR) is 93.1 cm³/mol. The summed E-state index contributed by atoms with van der Waals surface area (Å²) in [5, 5.41) is 6.12. The van der Waals surface area contributed by atoms with Crippen LogP contribution in [-0.2, 0) is 0 Å². The molecule has 1 aromatic heterocycles. The van der Waals surface area contributed by atoms with E-state index in [4.69, 9.17) is 4.74 Å². The van der Waals surface area contributed by atoms with Crippen molar-refractivity contribution in [3.63, 3.8) is 0 Å². The molecule has 0 saturated heterocycles. The minimum absolute atomic E-state index is 0.234. The van der Waals surface area contributed by atoms with Crippen molar-refractivity contribution in [1.29, 1.82) is 0 Å². The molecule has 1 amide bonds. The second-order valence-corrected chi connectivity index (χ2v) is 5.62. The maximum atomic E-state index is 12.3. The van der Waals surface area contributed by atoms with Crippen molar-refractivity contribution in [3.8, 4) is 5.75 Å². The summed E-state index contributed by atoms with van der Waals surface area (Å²) in [6.07, 6.45) is 1.63. The van der Waals surface area contributed by atoms with Crippen molar-refractivity contribution < 1.29 is 9.53 Å². The summed E-state index contributed by atoms with van der Waals surface area (Å²) in [7, 11) is 0. The van der Waals surface area contributed by atoms with Crippen molar-refractivity contribution in [1.82, 2.24) is 4.98 Å². The number of hydrogen-bond donors (Lipinski definition) is 2. The van der Waals surface area contributed by atoms with Gasteiger partial charge in [-0.05, 0) is 49.2 Å². The molecule has 0 spiro atoms. The van der Waals surface area contributed by atoms with Gasteiger partial charge in [-0.15, -0.1) is 0 Å². The minimum atomic E-state index is -0.234. The van der Waals surface area contributed by atoms with E-state index in [-0.39, 0.29) is 5.91 Å². The van der Waals surface area contributed by atoms with Crippen LogP contribution in [0.15, 0.2) is 42.6 Å². The van der Waals surface area contributed by atoms with Crippen LogP contribution in [0, 0.1) is 5.92 Å². The van der Waals surface area contributed by atoms with E-state index in [0.717, 1.165) is 18.0 Å². The highest BCUT2D eigenvalue weighted by molar-refractivity contribution is 6.03. The van der Waals surface area contributed by atoms with Gasteiger partial charge >= 0.3 is 0 Å². The van der Waals surface area contributed by atoms with E-state index in [9.17, 15) is 4.79 Å². The molecule has 5 heteroatoms. The average Bonchev–Trinajstić information content (AvgIpc) is 2.55. The summed E-state index contributed by atoms with van der Waals surface area (Å²) in [5.74, 6) is 1.08. The number of nitrogens with zero attached hydrogens (tertiary/aromatic N) is 1. The fraction of sp³-hybridized carbons (Fsp3) is 0.333. The highest BCUT2D eigenvalue weighted by atomic mass is 16.5. The lowest BCUT2D eigenvalue weighted by Crippen LogP contribution is -2.14. The Hall–Kier alpha value is -2.56. The maximum absolute atomic E-state index is 12.3. The first-order chi connectivity index (χ1) is 11.1. The minimum Gasteiger partial charge on any atom is -0.494 e. The Morgan fingerprint density at radius 2 is 1.91 bits per heavy atom. The van der Waals surface area contributed by atoms with Gasteiger partial charge in [-0.3, -0.25) is 9.78 Å². The zero-order valence-corrected chi connectivity index (χ0v) is 13.8. The van der Waals surface area contributed by atoms with Crippen LogP contribution in [0.1, 0.15) is 31.3 Å². The molecule has 5 nitrogen and oxygen atoms in total. The number of carbonyl (C=O) groups is 1. The fourth-order valence-electron chi connectivity index (χ4n) is 1.98. The highest BCUT2D eigenvalue weighted by Crippen LogP contribution is 2.17. The van der Waals surface area contributed by atoms with E-state index < -0.39 is 0 Å². The van der Waals surface area contributed by atoms with Crippen LogP contribution in [0.3, 0.4) is 0 Å². The first-order valence-corrected chi connectivity index (χ1v) is 7.82. The lowest BCUT2D eigenvalue weighted by atomic mass is 10.2. The number of ether oxygens (including phenoxy) is 1. The van der Waals surface area contributed by atoms with Gasteiger partial charge in [0.1, 0.15) is 11.4 Å². The van der Waals surface area contributed by atoms with E-state index in [1.165, 1.54) is 0 Å². The summed E-state index contributed by atoms with van der Waals surface area (Å²) in [6, 6.07) is 10.9. The number of pyridine rings is 1. The third-order valence-electron chi connectivity index (χ3n) is 3.13. The number of hydrogen-bond acceptors (Lipinski definition) is 4. The number of aromatic nitrogens is 1. The van der Waals surface area contributed by atoms with Crippen LogP contribution in [0.25, 0.3) is 0 Å². The van der Waals surface area contributed by atoms with Gasteiger partial charge in [-0.1, -0.05) is 13.8 Å². The van der Waals surface area contributed by atoms with Crippen LogP contribution < -0.4 is 15.4 Å². The van der Waals surface area contributed by atoms with E-state index >= 15 is 0 Å². The number of benzene rings is 1. The van der Waals surface area contributed by atoms with Gasteiger partial charge in [0.15, 0.2) is 0 Å². The zero-order valence-electron chi connectivity index (χ0n) is 13.8. The Morgan fingerprint density at radius 3 is 2.57 bits per heavy atom. The van der Waals surface area contributed by atoms with Crippen molar-refractivity contribution in [3.05, 3.63) is 48.3 Å². The topological polar surface area (TPSA) is 63.2 Å². The molecule has 1 heterocycles. The third-order valence-corrected chi connectivity index (χ3v) is 3.13. The van der Waals surface area contributed by atoms with Crippen LogP contribution >= 0.6 is 0 Å². The van der Waals surface area contributed by atoms with E-state index in [1.54, 1.807) is 12.3 Å². The first kappa shape index (κ1) is 16.8. The molecule has 2 aromatic rings. The van der Waals surface area contributed by atoms with Crippen molar-refractivity contribution in [2.45, 2.75) is 20.8 Å². The zero-order chi connectivity index (χ0) is 16.7. The van der Waals surface area contributed by atoms with Crippen LogP contribution in [0.5, 0.6) is 5.75 Å². The third kappa shape index (κ3) is 5.29. The Morgan fingerprint density at radius 1 is 1.17 bits per heavy atom. The van der Waals surface area contributed by atoms with Crippen LogP contribution in [0.2, 0.25) is 0 Å². The molecule has 0 radical (unpaired) electrons. The van der Waals surface area contributed by atoms with Crippen molar-refractivity contribution >= 4 is 17.3 Å². The molecule has 1 aromatic carbocycles. The quantitative estimate of drug-likeness (QED) is 0.816. The number of amides is 1. The fourth-order valence-corrected chi connectivity index (χ4v) is 1.98. The molecule has 2 N–H and O–H groups in total. The van der Waals surface area contributed by atoms with Gasteiger partial charge in [0.2, 0.25) is 0 Å².